The molecule has 0 unspecified atom stereocenters. The van der Waals surface area contributed by atoms with Gasteiger partial charge in [-0.15, -0.1) is 0 Å². The zero-order valence-corrected chi connectivity index (χ0v) is 13.0. The average Bonchev–Trinajstić information content (AvgIpc) is 2.96. The van der Waals surface area contributed by atoms with E-state index in [9.17, 15) is 0 Å². The van der Waals surface area contributed by atoms with Gasteiger partial charge in [0.1, 0.15) is 0 Å². The van der Waals surface area contributed by atoms with Crippen LogP contribution in [0.3, 0.4) is 0 Å². The molecule has 2 N–H and O–H groups in total. The summed E-state index contributed by atoms with van der Waals surface area (Å²) < 4.78 is 0. The number of nitrogens with two attached hydrogens (primary N) is 1. The number of fused-ring (bicyclic) bond motifs is 3. The topological polar surface area (TPSA) is 41.6 Å². The molecule has 0 aromatic heterocycles. The van der Waals surface area contributed by atoms with Gasteiger partial charge in [-0.25, -0.2) is 5.01 Å². The van der Waals surface area contributed by atoms with E-state index in [1.807, 2.05) is 11.1 Å². The summed E-state index contributed by atoms with van der Waals surface area (Å²) in [4.78, 5) is 0. The van der Waals surface area contributed by atoms with Crippen LogP contribution >= 0.6 is 12.2 Å². The highest BCUT2D eigenvalue weighted by molar-refractivity contribution is 7.80. The SMILES string of the molecule is NC(=S)N1N=C2c3ccccc3CC[C@H]2[C@H]1c1ccccc1. The first-order valence-corrected chi connectivity index (χ1v) is 7.97. The Morgan fingerprint density at radius 2 is 1.82 bits per heavy atom. The highest BCUT2D eigenvalue weighted by Gasteiger charge is 2.42. The van der Waals surface area contributed by atoms with Crippen molar-refractivity contribution in [3.8, 4) is 0 Å². The van der Waals surface area contributed by atoms with Gasteiger partial charge in [-0.1, -0.05) is 54.6 Å². The molecular weight excluding hydrogens is 290 g/mol. The molecule has 1 aliphatic carbocycles. The van der Waals surface area contributed by atoms with Gasteiger partial charge in [-0.3, -0.25) is 0 Å². The third-order valence-electron chi connectivity index (χ3n) is 4.60. The van der Waals surface area contributed by atoms with Gasteiger partial charge in [0.15, 0.2) is 5.11 Å². The summed E-state index contributed by atoms with van der Waals surface area (Å²) in [6.07, 6.45) is 2.16. The van der Waals surface area contributed by atoms with Gasteiger partial charge in [0, 0.05) is 11.5 Å². The molecular formula is C18H17N3S. The smallest absolute Gasteiger partial charge is 0.187 e. The Hall–Kier alpha value is -2.20. The predicted molar refractivity (Wildman–Crippen MR) is 92.6 cm³/mol. The van der Waals surface area contributed by atoms with Crippen molar-refractivity contribution in [2.24, 2.45) is 16.8 Å². The summed E-state index contributed by atoms with van der Waals surface area (Å²) in [7, 11) is 0. The Bertz CT molecular complexity index is 754. The Balaban J connectivity index is 1.82. The third-order valence-corrected chi connectivity index (χ3v) is 4.78. The van der Waals surface area contributed by atoms with Crippen molar-refractivity contribution < 1.29 is 0 Å². The fourth-order valence-corrected chi connectivity index (χ4v) is 3.78. The Labute approximate surface area is 135 Å². The van der Waals surface area contributed by atoms with Crippen LogP contribution in [0.15, 0.2) is 59.7 Å². The molecule has 110 valence electrons. The van der Waals surface area contributed by atoms with E-state index in [-0.39, 0.29) is 6.04 Å². The van der Waals surface area contributed by atoms with Crippen LogP contribution in [-0.2, 0) is 6.42 Å². The maximum absolute atomic E-state index is 5.95. The largest absolute Gasteiger partial charge is 0.375 e. The molecule has 1 heterocycles. The zero-order chi connectivity index (χ0) is 15.1. The van der Waals surface area contributed by atoms with Gasteiger partial charge >= 0.3 is 0 Å². The van der Waals surface area contributed by atoms with E-state index in [0.29, 0.717) is 11.0 Å². The van der Waals surface area contributed by atoms with Gasteiger partial charge in [-0.2, -0.15) is 5.10 Å². The predicted octanol–water partition coefficient (Wildman–Crippen LogP) is 3.25. The Kier molecular flexibility index (Phi) is 3.19. The standard InChI is InChI=1S/C18H17N3S/c19-18(22)21-17(13-7-2-1-3-8-13)15-11-10-12-6-4-5-9-14(12)16(15)20-21/h1-9,15,17H,10-11H2,(H2,19,22)/t15-,17-/m1/s1. The summed E-state index contributed by atoms with van der Waals surface area (Å²) in [5, 5.41) is 6.96. The molecule has 3 nitrogen and oxygen atoms in total. The molecule has 0 saturated carbocycles. The highest BCUT2D eigenvalue weighted by atomic mass is 32.1. The molecule has 2 aliphatic rings. The van der Waals surface area contributed by atoms with Gasteiger partial charge in [-0.05, 0) is 36.2 Å². The molecule has 2 aromatic rings. The van der Waals surface area contributed by atoms with Crippen LogP contribution in [0.2, 0.25) is 0 Å². The van der Waals surface area contributed by atoms with Crippen LogP contribution in [0.5, 0.6) is 0 Å². The number of hydrogen-bond acceptors (Lipinski definition) is 2. The Morgan fingerprint density at radius 1 is 1.09 bits per heavy atom. The third kappa shape index (κ3) is 2.03. The van der Waals surface area contributed by atoms with Crippen molar-refractivity contribution >= 4 is 23.0 Å². The van der Waals surface area contributed by atoms with E-state index in [2.05, 4.69) is 48.5 Å². The van der Waals surface area contributed by atoms with Crippen LogP contribution in [0, 0.1) is 5.92 Å². The van der Waals surface area contributed by atoms with Gasteiger partial charge in [0.05, 0.1) is 11.8 Å². The number of benzene rings is 2. The van der Waals surface area contributed by atoms with Crippen LogP contribution in [0.25, 0.3) is 0 Å². The first-order valence-electron chi connectivity index (χ1n) is 7.56. The van der Waals surface area contributed by atoms with E-state index >= 15 is 0 Å². The minimum Gasteiger partial charge on any atom is -0.375 e. The number of rotatable bonds is 1. The van der Waals surface area contributed by atoms with Crippen molar-refractivity contribution in [2.75, 3.05) is 0 Å². The summed E-state index contributed by atoms with van der Waals surface area (Å²) in [6, 6.07) is 19.0. The summed E-state index contributed by atoms with van der Waals surface area (Å²) in [5.41, 5.74) is 10.9. The molecule has 1 aliphatic heterocycles. The molecule has 0 spiro atoms. The monoisotopic (exact) mass is 307 g/mol. The maximum Gasteiger partial charge on any atom is 0.187 e. The van der Waals surface area contributed by atoms with E-state index < -0.39 is 0 Å². The highest BCUT2D eigenvalue weighted by Crippen LogP contribution is 2.42. The summed E-state index contributed by atoms with van der Waals surface area (Å²) in [6.45, 7) is 0. The molecule has 0 radical (unpaired) electrons. The van der Waals surface area contributed by atoms with E-state index in [1.54, 1.807) is 0 Å². The molecule has 4 rings (SSSR count). The number of hydrazone groups is 1. The van der Waals surface area contributed by atoms with Crippen LogP contribution in [-0.4, -0.2) is 15.8 Å². The van der Waals surface area contributed by atoms with Crippen molar-refractivity contribution in [3.63, 3.8) is 0 Å². The summed E-state index contributed by atoms with van der Waals surface area (Å²) >= 11 is 5.25. The van der Waals surface area contributed by atoms with E-state index in [0.717, 1.165) is 18.6 Å². The lowest BCUT2D eigenvalue weighted by Gasteiger charge is -2.29. The van der Waals surface area contributed by atoms with Crippen molar-refractivity contribution in [2.45, 2.75) is 18.9 Å². The minimum atomic E-state index is 0.113. The molecule has 22 heavy (non-hydrogen) atoms. The second-order valence-corrected chi connectivity index (χ2v) is 6.24. The number of hydrogen-bond donors (Lipinski definition) is 1. The average molecular weight is 307 g/mol. The number of thiocarbonyl (C=S) groups is 1. The fourth-order valence-electron chi connectivity index (χ4n) is 3.63. The Morgan fingerprint density at radius 3 is 2.59 bits per heavy atom. The zero-order valence-electron chi connectivity index (χ0n) is 12.1. The van der Waals surface area contributed by atoms with Crippen LogP contribution in [0.1, 0.15) is 29.2 Å². The van der Waals surface area contributed by atoms with Crippen molar-refractivity contribution in [3.05, 3.63) is 71.3 Å². The van der Waals surface area contributed by atoms with Crippen molar-refractivity contribution in [1.82, 2.24) is 5.01 Å². The van der Waals surface area contributed by atoms with E-state index in [1.165, 1.54) is 16.7 Å². The second kappa shape index (κ2) is 5.21. The van der Waals surface area contributed by atoms with Crippen molar-refractivity contribution in [1.29, 1.82) is 0 Å². The number of aryl methyl sites for hydroxylation is 1. The lowest BCUT2D eigenvalue weighted by atomic mass is 9.77. The van der Waals surface area contributed by atoms with Gasteiger partial charge in [0.2, 0.25) is 0 Å². The van der Waals surface area contributed by atoms with Gasteiger partial charge in [0.25, 0.3) is 0 Å². The second-order valence-electron chi connectivity index (χ2n) is 5.83. The molecule has 0 bridgehead atoms. The first-order chi connectivity index (χ1) is 10.8. The van der Waals surface area contributed by atoms with Crippen LogP contribution < -0.4 is 5.73 Å². The van der Waals surface area contributed by atoms with Gasteiger partial charge < -0.3 is 5.73 Å². The molecule has 4 heteroatoms. The van der Waals surface area contributed by atoms with Crippen LogP contribution in [0.4, 0.5) is 0 Å². The molecule has 0 fully saturated rings. The lowest BCUT2D eigenvalue weighted by Crippen LogP contribution is -2.35. The lowest BCUT2D eigenvalue weighted by molar-refractivity contribution is 0.309. The molecule has 2 atom stereocenters. The molecule has 0 amide bonds. The first kappa shape index (κ1) is 13.5. The fraction of sp³-hybridized carbons (Fsp3) is 0.222. The molecule has 0 saturated heterocycles. The van der Waals surface area contributed by atoms with E-state index in [4.69, 9.17) is 23.1 Å². The minimum absolute atomic E-state index is 0.113. The summed E-state index contributed by atoms with van der Waals surface area (Å²) in [5.74, 6) is 0.346. The number of nitrogens with zero attached hydrogens (tertiary/aromatic N) is 2. The maximum atomic E-state index is 5.95. The quantitative estimate of drug-likeness (QED) is 0.822. The normalized spacial score (nSPS) is 22.7. The molecule has 2 aromatic carbocycles.